The van der Waals surface area contributed by atoms with Gasteiger partial charge in [-0.1, -0.05) is 17.7 Å². The molecule has 1 unspecified atom stereocenters. The summed E-state index contributed by atoms with van der Waals surface area (Å²) in [5.74, 6) is 0. The smallest absolute Gasteiger partial charge is 0.0684 e. The quantitative estimate of drug-likeness (QED) is 0.889. The number of nitrogens with one attached hydrogen (secondary N) is 1. The third kappa shape index (κ3) is 2.20. The van der Waals surface area contributed by atoms with E-state index in [0.29, 0.717) is 5.02 Å². The fourth-order valence-electron chi connectivity index (χ4n) is 1.53. The van der Waals surface area contributed by atoms with Crippen LogP contribution in [0.25, 0.3) is 0 Å². The number of aromatic nitrogens is 1. The summed E-state index contributed by atoms with van der Waals surface area (Å²) in [7, 11) is 1.93. The van der Waals surface area contributed by atoms with Crippen molar-refractivity contribution in [2.75, 3.05) is 7.05 Å². The predicted molar refractivity (Wildman–Crippen MR) is 64.5 cm³/mol. The van der Waals surface area contributed by atoms with Gasteiger partial charge in [0.25, 0.3) is 0 Å². The van der Waals surface area contributed by atoms with Gasteiger partial charge < -0.3 is 5.32 Å². The Kier molecular flexibility index (Phi) is 3.36. The lowest BCUT2D eigenvalue weighted by atomic mass is 10.1. The molecule has 0 aliphatic rings. The Morgan fingerprint density at radius 3 is 2.93 bits per heavy atom. The van der Waals surface area contributed by atoms with Crippen molar-refractivity contribution in [2.24, 2.45) is 0 Å². The number of pyridine rings is 1. The van der Waals surface area contributed by atoms with Crippen molar-refractivity contribution in [1.82, 2.24) is 10.3 Å². The maximum Gasteiger partial charge on any atom is 0.0684 e. The number of thiophene rings is 1. The van der Waals surface area contributed by atoms with Crippen LogP contribution in [0.5, 0.6) is 0 Å². The summed E-state index contributed by atoms with van der Waals surface area (Å²) in [4.78, 5) is 5.24. The molecule has 2 heterocycles. The molecule has 0 radical (unpaired) electrons. The molecule has 78 valence electrons. The second-order valence-corrected chi connectivity index (χ2v) is 4.52. The van der Waals surface area contributed by atoms with E-state index in [4.69, 9.17) is 11.6 Å². The fourth-order valence-corrected chi connectivity index (χ4v) is 2.61. The Labute approximate surface area is 97.9 Å². The highest BCUT2D eigenvalue weighted by molar-refractivity contribution is 7.10. The zero-order chi connectivity index (χ0) is 10.7. The summed E-state index contributed by atoms with van der Waals surface area (Å²) in [5, 5.41) is 6.02. The summed E-state index contributed by atoms with van der Waals surface area (Å²) in [6.45, 7) is 0. The van der Waals surface area contributed by atoms with Gasteiger partial charge in [-0.25, -0.2) is 0 Å². The van der Waals surface area contributed by atoms with E-state index in [1.807, 2.05) is 19.2 Å². The number of hydrogen-bond donors (Lipinski definition) is 1. The van der Waals surface area contributed by atoms with Crippen molar-refractivity contribution in [3.8, 4) is 0 Å². The summed E-state index contributed by atoms with van der Waals surface area (Å²) in [5.41, 5.74) is 1.07. The second-order valence-electron chi connectivity index (χ2n) is 3.13. The monoisotopic (exact) mass is 238 g/mol. The van der Waals surface area contributed by atoms with Gasteiger partial charge in [0, 0.05) is 17.3 Å². The second kappa shape index (κ2) is 4.75. The zero-order valence-corrected chi connectivity index (χ0v) is 9.85. The van der Waals surface area contributed by atoms with Gasteiger partial charge in [-0.15, -0.1) is 11.3 Å². The molecule has 0 aromatic carbocycles. The van der Waals surface area contributed by atoms with Gasteiger partial charge in [0.2, 0.25) is 0 Å². The number of halogens is 1. The molecule has 4 heteroatoms. The van der Waals surface area contributed by atoms with E-state index in [2.05, 4.69) is 21.7 Å². The molecule has 1 atom stereocenters. The van der Waals surface area contributed by atoms with Crippen molar-refractivity contribution < 1.29 is 0 Å². The molecule has 0 aliphatic heterocycles. The van der Waals surface area contributed by atoms with Crippen LogP contribution in [0, 0.1) is 0 Å². The molecule has 0 amide bonds. The first-order valence-corrected chi connectivity index (χ1v) is 5.88. The molecule has 2 aromatic heterocycles. The molecule has 15 heavy (non-hydrogen) atoms. The topological polar surface area (TPSA) is 24.9 Å². The van der Waals surface area contributed by atoms with Gasteiger partial charge in [-0.2, -0.15) is 0 Å². The molecule has 0 aliphatic carbocycles. The molecular weight excluding hydrogens is 228 g/mol. The minimum atomic E-state index is 0.153. The minimum absolute atomic E-state index is 0.153. The summed E-state index contributed by atoms with van der Waals surface area (Å²) in [6, 6.07) is 6.24. The summed E-state index contributed by atoms with van der Waals surface area (Å²) >= 11 is 7.83. The molecule has 0 spiro atoms. The van der Waals surface area contributed by atoms with E-state index in [1.54, 1.807) is 23.7 Å². The van der Waals surface area contributed by atoms with Crippen LogP contribution in [0.2, 0.25) is 5.02 Å². The van der Waals surface area contributed by atoms with Gasteiger partial charge in [-0.3, -0.25) is 4.98 Å². The van der Waals surface area contributed by atoms with Crippen molar-refractivity contribution in [3.05, 3.63) is 51.4 Å². The van der Waals surface area contributed by atoms with Crippen LogP contribution < -0.4 is 5.32 Å². The predicted octanol–water partition coefficient (Wildman–Crippen LogP) is 3.11. The third-order valence-corrected chi connectivity index (χ3v) is 3.48. The zero-order valence-electron chi connectivity index (χ0n) is 8.27. The van der Waals surface area contributed by atoms with E-state index >= 15 is 0 Å². The summed E-state index contributed by atoms with van der Waals surface area (Å²) < 4.78 is 0. The van der Waals surface area contributed by atoms with Crippen LogP contribution in [0.1, 0.15) is 16.5 Å². The molecule has 2 rings (SSSR count). The van der Waals surface area contributed by atoms with Gasteiger partial charge in [-0.05, 0) is 30.1 Å². The van der Waals surface area contributed by atoms with E-state index in [-0.39, 0.29) is 6.04 Å². The average molecular weight is 239 g/mol. The first-order chi connectivity index (χ1) is 7.33. The highest BCUT2D eigenvalue weighted by Gasteiger charge is 2.15. The van der Waals surface area contributed by atoms with Crippen molar-refractivity contribution >= 4 is 22.9 Å². The molecule has 0 fully saturated rings. The first kappa shape index (κ1) is 10.6. The largest absolute Gasteiger partial charge is 0.309 e. The molecule has 2 nitrogen and oxygen atoms in total. The summed E-state index contributed by atoms with van der Waals surface area (Å²) in [6.07, 6.45) is 3.44. The molecule has 0 saturated carbocycles. The number of nitrogens with zero attached hydrogens (tertiary/aromatic N) is 1. The average Bonchev–Trinajstić information content (AvgIpc) is 2.75. The first-order valence-electron chi connectivity index (χ1n) is 4.63. The molecule has 2 aromatic rings. The Balaban J connectivity index is 2.40. The standard InChI is InChI=1S/C11H11ClN2S/c1-13-11(10-3-2-6-15-10)8-4-5-14-7-9(8)12/h2-7,11,13H,1H3. The maximum atomic E-state index is 6.12. The third-order valence-electron chi connectivity index (χ3n) is 2.23. The lowest BCUT2D eigenvalue weighted by Crippen LogP contribution is -2.16. The highest BCUT2D eigenvalue weighted by atomic mass is 35.5. The maximum absolute atomic E-state index is 6.12. The van der Waals surface area contributed by atoms with Crippen molar-refractivity contribution in [3.63, 3.8) is 0 Å². The van der Waals surface area contributed by atoms with Gasteiger partial charge in [0.1, 0.15) is 0 Å². The lowest BCUT2D eigenvalue weighted by Gasteiger charge is -2.15. The number of rotatable bonds is 3. The Bertz CT molecular complexity index is 428. The Morgan fingerprint density at radius 1 is 1.47 bits per heavy atom. The van der Waals surface area contributed by atoms with Gasteiger partial charge in [0.05, 0.1) is 11.1 Å². The minimum Gasteiger partial charge on any atom is -0.309 e. The molecule has 0 bridgehead atoms. The van der Waals surface area contributed by atoms with Crippen LogP contribution in [0.15, 0.2) is 36.0 Å². The van der Waals surface area contributed by atoms with E-state index in [9.17, 15) is 0 Å². The molecule has 1 N–H and O–H groups in total. The molecular formula is C11H11ClN2S. The SMILES string of the molecule is CNC(c1cccs1)c1ccncc1Cl. The van der Waals surface area contributed by atoms with Crippen LogP contribution in [-0.2, 0) is 0 Å². The molecule has 0 saturated heterocycles. The fraction of sp³-hybridized carbons (Fsp3) is 0.182. The van der Waals surface area contributed by atoms with Crippen LogP contribution in [-0.4, -0.2) is 12.0 Å². The van der Waals surface area contributed by atoms with Crippen LogP contribution >= 0.6 is 22.9 Å². The van der Waals surface area contributed by atoms with Crippen LogP contribution in [0.3, 0.4) is 0 Å². The van der Waals surface area contributed by atoms with Crippen molar-refractivity contribution in [1.29, 1.82) is 0 Å². The van der Waals surface area contributed by atoms with Gasteiger partial charge >= 0.3 is 0 Å². The van der Waals surface area contributed by atoms with Crippen molar-refractivity contribution in [2.45, 2.75) is 6.04 Å². The highest BCUT2D eigenvalue weighted by Crippen LogP contribution is 2.29. The van der Waals surface area contributed by atoms with E-state index < -0.39 is 0 Å². The van der Waals surface area contributed by atoms with E-state index in [0.717, 1.165) is 5.56 Å². The number of hydrogen-bond acceptors (Lipinski definition) is 3. The van der Waals surface area contributed by atoms with E-state index in [1.165, 1.54) is 4.88 Å². The van der Waals surface area contributed by atoms with Crippen LogP contribution in [0.4, 0.5) is 0 Å². The Hall–Kier alpha value is -0.900. The normalized spacial score (nSPS) is 12.7. The lowest BCUT2D eigenvalue weighted by molar-refractivity contribution is 0.703. The Morgan fingerprint density at radius 2 is 2.33 bits per heavy atom. The van der Waals surface area contributed by atoms with Gasteiger partial charge in [0.15, 0.2) is 0 Å².